The zero-order valence-electron chi connectivity index (χ0n) is 10.0. The third-order valence-corrected chi connectivity index (χ3v) is 2.75. The summed E-state index contributed by atoms with van der Waals surface area (Å²) in [6.07, 6.45) is 0. The van der Waals surface area contributed by atoms with E-state index in [-0.39, 0.29) is 6.03 Å². The van der Waals surface area contributed by atoms with Crippen LogP contribution in [-0.4, -0.2) is 34.2 Å². The lowest BCUT2D eigenvalue weighted by Crippen LogP contribution is -2.34. The van der Waals surface area contributed by atoms with Crippen molar-refractivity contribution in [1.29, 1.82) is 0 Å². The monoisotopic (exact) mass is 232 g/mol. The van der Waals surface area contributed by atoms with Gasteiger partial charge in [-0.2, -0.15) is 5.10 Å². The summed E-state index contributed by atoms with van der Waals surface area (Å²) < 4.78 is 0. The molecule has 1 heterocycles. The van der Waals surface area contributed by atoms with Gasteiger partial charge in [-0.15, -0.1) is 0 Å². The minimum absolute atomic E-state index is 0.118. The second-order valence-corrected chi connectivity index (χ2v) is 3.72. The summed E-state index contributed by atoms with van der Waals surface area (Å²) in [7, 11) is 0. The Kier molecular flexibility index (Phi) is 3.27. The summed E-state index contributed by atoms with van der Waals surface area (Å²) in [6, 6.07) is 7.58. The molecule has 5 nitrogen and oxygen atoms in total. The number of carbonyl (C=O) groups excluding carboxylic acids is 1. The predicted molar refractivity (Wildman–Crippen MR) is 68.0 cm³/mol. The number of anilines is 1. The van der Waals surface area contributed by atoms with E-state index in [0.29, 0.717) is 18.9 Å². The molecule has 2 amide bonds. The highest BCUT2D eigenvalue weighted by atomic mass is 16.2. The number of nitrogens with zero attached hydrogens (tertiary/aromatic N) is 2. The molecule has 2 rings (SSSR count). The normalized spacial score (nSPS) is 10.5. The predicted octanol–water partition coefficient (Wildman–Crippen LogP) is 2.44. The summed E-state index contributed by atoms with van der Waals surface area (Å²) in [4.78, 5) is 13.6. The van der Waals surface area contributed by atoms with Crippen molar-refractivity contribution in [2.75, 3.05) is 18.4 Å². The summed E-state index contributed by atoms with van der Waals surface area (Å²) >= 11 is 0. The Morgan fingerprint density at radius 2 is 2.06 bits per heavy atom. The van der Waals surface area contributed by atoms with Crippen LogP contribution in [0.3, 0.4) is 0 Å². The van der Waals surface area contributed by atoms with Crippen molar-refractivity contribution < 1.29 is 4.79 Å². The average Bonchev–Trinajstić information content (AvgIpc) is 2.74. The van der Waals surface area contributed by atoms with E-state index < -0.39 is 0 Å². The molecule has 0 radical (unpaired) electrons. The van der Waals surface area contributed by atoms with Crippen molar-refractivity contribution in [1.82, 2.24) is 15.1 Å². The quantitative estimate of drug-likeness (QED) is 0.853. The van der Waals surface area contributed by atoms with Gasteiger partial charge in [0.25, 0.3) is 0 Å². The number of para-hydroxylation sites is 1. The van der Waals surface area contributed by atoms with Crippen molar-refractivity contribution in [2.45, 2.75) is 13.8 Å². The van der Waals surface area contributed by atoms with Gasteiger partial charge in [0, 0.05) is 18.5 Å². The lowest BCUT2D eigenvalue weighted by Gasteiger charge is -2.18. The van der Waals surface area contributed by atoms with Gasteiger partial charge in [0.1, 0.15) is 0 Å². The fraction of sp³-hybridized carbons (Fsp3) is 0.333. The highest BCUT2D eigenvalue weighted by Gasteiger charge is 2.12. The number of aromatic nitrogens is 2. The number of amides is 2. The van der Waals surface area contributed by atoms with Gasteiger partial charge in [0.2, 0.25) is 0 Å². The van der Waals surface area contributed by atoms with E-state index in [1.54, 1.807) is 4.90 Å². The molecule has 0 aliphatic carbocycles. The number of urea groups is 1. The number of nitrogens with one attached hydrogen (secondary N) is 2. The molecule has 0 aliphatic heterocycles. The van der Waals surface area contributed by atoms with Crippen molar-refractivity contribution in [3.63, 3.8) is 0 Å². The molecular formula is C12H16N4O. The largest absolute Gasteiger partial charge is 0.325 e. The molecule has 1 aromatic heterocycles. The zero-order chi connectivity index (χ0) is 12.3. The van der Waals surface area contributed by atoms with Crippen LogP contribution in [0.5, 0.6) is 0 Å². The first-order chi connectivity index (χ1) is 8.26. The Morgan fingerprint density at radius 3 is 2.76 bits per heavy atom. The standard InChI is InChI=1S/C12H16N4O/c1-3-16(4-2)12(17)13-11-9-7-5-6-8-10(9)14-15-11/h5-8H,3-4H2,1-2H3,(H2,13,14,15,17). The Balaban J connectivity index is 2.21. The molecule has 0 spiro atoms. The third-order valence-electron chi connectivity index (χ3n) is 2.75. The second kappa shape index (κ2) is 4.86. The molecule has 17 heavy (non-hydrogen) atoms. The Morgan fingerprint density at radius 1 is 1.35 bits per heavy atom. The molecule has 2 N–H and O–H groups in total. The Bertz CT molecular complexity index is 516. The second-order valence-electron chi connectivity index (χ2n) is 3.72. The SMILES string of the molecule is CCN(CC)C(=O)Nc1n[nH]c2ccccc12. The first-order valence-electron chi connectivity index (χ1n) is 5.75. The average molecular weight is 232 g/mol. The van der Waals surface area contributed by atoms with E-state index in [9.17, 15) is 4.79 Å². The van der Waals surface area contributed by atoms with E-state index in [4.69, 9.17) is 0 Å². The highest BCUT2D eigenvalue weighted by Crippen LogP contribution is 2.19. The van der Waals surface area contributed by atoms with Crippen LogP contribution in [0.25, 0.3) is 10.9 Å². The molecule has 0 fully saturated rings. The van der Waals surface area contributed by atoms with Crippen LogP contribution in [0.15, 0.2) is 24.3 Å². The van der Waals surface area contributed by atoms with Crippen LogP contribution in [0.1, 0.15) is 13.8 Å². The maximum atomic E-state index is 11.9. The molecule has 0 atom stereocenters. The molecule has 5 heteroatoms. The van der Waals surface area contributed by atoms with Gasteiger partial charge >= 0.3 is 6.03 Å². The topological polar surface area (TPSA) is 61.0 Å². The Labute approximate surface area is 99.8 Å². The molecule has 0 saturated heterocycles. The molecule has 90 valence electrons. The van der Waals surface area contributed by atoms with Crippen LogP contribution in [-0.2, 0) is 0 Å². The van der Waals surface area contributed by atoms with Crippen molar-refractivity contribution in [2.24, 2.45) is 0 Å². The van der Waals surface area contributed by atoms with Crippen molar-refractivity contribution in [3.8, 4) is 0 Å². The molecule has 0 saturated carbocycles. The van der Waals surface area contributed by atoms with Gasteiger partial charge in [0.05, 0.1) is 5.52 Å². The number of rotatable bonds is 3. The highest BCUT2D eigenvalue weighted by molar-refractivity contribution is 5.98. The Hall–Kier alpha value is -2.04. The summed E-state index contributed by atoms with van der Waals surface area (Å²) in [5, 5.41) is 10.7. The molecule has 0 aliphatic rings. The molecule has 1 aromatic carbocycles. The first-order valence-corrected chi connectivity index (χ1v) is 5.75. The van der Waals surface area contributed by atoms with E-state index in [0.717, 1.165) is 10.9 Å². The van der Waals surface area contributed by atoms with E-state index in [2.05, 4.69) is 15.5 Å². The van der Waals surface area contributed by atoms with Gasteiger partial charge in [-0.3, -0.25) is 10.4 Å². The van der Waals surface area contributed by atoms with Gasteiger partial charge < -0.3 is 4.90 Å². The number of H-pyrrole nitrogens is 1. The zero-order valence-corrected chi connectivity index (χ0v) is 10.0. The summed E-state index contributed by atoms with van der Waals surface area (Å²) in [5.41, 5.74) is 0.919. The number of hydrogen-bond donors (Lipinski definition) is 2. The lowest BCUT2D eigenvalue weighted by atomic mass is 10.2. The van der Waals surface area contributed by atoms with E-state index >= 15 is 0 Å². The number of aromatic amines is 1. The molecule has 0 unspecified atom stereocenters. The van der Waals surface area contributed by atoms with E-state index in [1.807, 2.05) is 38.1 Å². The van der Waals surface area contributed by atoms with Crippen LogP contribution in [0.4, 0.5) is 10.6 Å². The van der Waals surface area contributed by atoms with Crippen molar-refractivity contribution in [3.05, 3.63) is 24.3 Å². The molecular weight excluding hydrogens is 216 g/mol. The maximum Gasteiger partial charge on any atom is 0.323 e. The van der Waals surface area contributed by atoms with E-state index in [1.165, 1.54) is 0 Å². The number of fused-ring (bicyclic) bond motifs is 1. The van der Waals surface area contributed by atoms with Crippen molar-refractivity contribution >= 4 is 22.8 Å². The lowest BCUT2D eigenvalue weighted by molar-refractivity contribution is 0.217. The van der Waals surface area contributed by atoms with Crippen LogP contribution >= 0.6 is 0 Å². The van der Waals surface area contributed by atoms with Gasteiger partial charge in [0.15, 0.2) is 5.82 Å². The van der Waals surface area contributed by atoms with Gasteiger partial charge in [-0.1, -0.05) is 12.1 Å². The maximum absolute atomic E-state index is 11.9. The van der Waals surface area contributed by atoms with Crippen LogP contribution < -0.4 is 5.32 Å². The smallest absolute Gasteiger partial charge is 0.323 e. The molecule has 0 bridgehead atoms. The third kappa shape index (κ3) is 2.22. The number of hydrogen-bond acceptors (Lipinski definition) is 2. The van der Waals surface area contributed by atoms with Gasteiger partial charge in [-0.25, -0.2) is 4.79 Å². The fourth-order valence-corrected chi connectivity index (χ4v) is 1.75. The van der Waals surface area contributed by atoms with Crippen LogP contribution in [0.2, 0.25) is 0 Å². The minimum Gasteiger partial charge on any atom is -0.325 e. The van der Waals surface area contributed by atoms with Crippen LogP contribution in [0, 0.1) is 0 Å². The molecule has 2 aromatic rings. The minimum atomic E-state index is -0.118. The number of benzene rings is 1. The fourth-order valence-electron chi connectivity index (χ4n) is 1.75. The summed E-state index contributed by atoms with van der Waals surface area (Å²) in [5.74, 6) is 0.581. The first kappa shape index (κ1) is 11.4. The summed E-state index contributed by atoms with van der Waals surface area (Å²) in [6.45, 7) is 5.27. The van der Waals surface area contributed by atoms with Gasteiger partial charge in [-0.05, 0) is 26.0 Å². The number of carbonyl (C=O) groups is 1.